The van der Waals surface area contributed by atoms with Crippen molar-refractivity contribution >= 4 is 21.6 Å². The number of nitrogens with one attached hydrogen (secondary N) is 1. The summed E-state index contributed by atoms with van der Waals surface area (Å²) in [5, 5.41) is 0. The van der Waals surface area contributed by atoms with Gasteiger partial charge in [-0.05, 0) is 24.3 Å². The molecule has 0 radical (unpaired) electrons. The third-order valence-electron chi connectivity index (χ3n) is 4.45. The lowest BCUT2D eigenvalue weighted by molar-refractivity contribution is -0.126. The van der Waals surface area contributed by atoms with Gasteiger partial charge in [0.25, 0.3) is 5.91 Å². The number of sulfonamides is 1. The lowest BCUT2D eigenvalue weighted by atomic mass is 10.1. The second kappa shape index (κ2) is 6.75. The van der Waals surface area contributed by atoms with Crippen molar-refractivity contribution in [1.82, 2.24) is 4.72 Å². The minimum atomic E-state index is -3.74. The van der Waals surface area contributed by atoms with E-state index < -0.39 is 16.1 Å². The zero-order chi connectivity index (χ0) is 19.0. The Hall–Kier alpha value is -2.78. The number of hydrogen-bond donors (Lipinski definition) is 1. The number of amides is 1. The zero-order valence-corrected chi connectivity index (χ0v) is 15.4. The van der Waals surface area contributed by atoms with Crippen LogP contribution in [0.15, 0.2) is 47.4 Å². The Morgan fingerprint density at radius 2 is 1.89 bits per heavy atom. The number of benzene rings is 2. The molecule has 1 atom stereocenters. The van der Waals surface area contributed by atoms with Crippen molar-refractivity contribution in [3.8, 4) is 17.2 Å². The Morgan fingerprint density at radius 1 is 1.11 bits per heavy atom. The molecule has 8 nitrogen and oxygen atoms in total. The van der Waals surface area contributed by atoms with E-state index in [9.17, 15) is 13.2 Å². The first-order valence-corrected chi connectivity index (χ1v) is 9.86. The topological polar surface area (TPSA) is 94.2 Å². The van der Waals surface area contributed by atoms with Gasteiger partial charge in [0.1, 0.15) is 5.75 Å². The van der Waals surface area contributed by atoms with Crippen LogP contribution < -0.4 is 23.8 Å². The van der Waals surface area contributed by atoms with E-state index in [2.05, 4.69) is 4.72 Å². The van der Waals surface area contributed by atoms with Crippen LogP contribution in [0.25, 0.3) is 0 Å². The fraction of sp³-hybridized carbons (Fsp3) is 0.278. The van der Waals surface area contributed by atoms with Crippen molar-refractivity contribution in [2.75, 3.05) is 25.3 Å². The van der Waals surface area contributed by atoms with Crippen molar-refractivity contribution in [3.63, 3.8) is 0 Å². The summed E-state index contributed by atoms with van der Waals surface area (Å²) in [6, 6.07) is 11.6. The molecule has 0 spiro atoms. The fourth-order valence-electron chi connectivity index (χ4n) is 3.01. The molecule has 2 aromatic carbocycles. The van der Waals surface area contributed by atoms with Crippen molar-refractivity contribution < 1.29 is 27.4 Å². The van der Waals surface area contributed by atoms with Crippen LogP contribution in [0.4, 0.5) is 5.69 Å². The molecule has 27 heavy (non-hydrogen) atoms. The van der Waals surface area contributed by atoms with Gasteiger partial charge in [-0.1, -0.05) is 12.1 Å². The number of carbonyl (C=O) groups excluding carboxylic acids is 1. The summed E-state index contributed by atoms with van der Waals surface area (Å²) < 4.78 is 43.6. The molecule has 1 N–H and O–H groups in total. The van der Waals surface area contributed by atoms with Crippen LogP contribution in [0.3, 0.4) is 0 Å². The first-order chi connectivity index (χ1) is 13.0. The second-order valence-electron chi connectivity index (χ2n) is 6.17. The average molecular weight is 390 g/mol. The Bertz CT molecular complexity index is 991. The first kappa shape index (κ1) is 17.6. The maximum absolute atomic E-state index is 12.5. The highest BCUT2D eigenvalue weighted by Crippen LogP contribution is 2.34. The molecular weight excluding hydrogens is 372 g/mol. The quantitative estimate of drug-likeness (QED) is 0.832. The molecule has 9 heteroatoms. The third kappa shape index (κ3) is 3.31. The van der Waals surface area contributed by atoms with Crippen LogP contribution in [0, 0.1) is 0 Å². The van der Waals surface area contributed by atoms with Gasteiger partial charge < -0.3 is 19.1 Å². The second-order valence-corrected chi connectivity index (χ2v) is 7.94. The molecule has 1 unspecified atom stereocenters. The highest BCUT2D eigenvalue weighted by atomic mass is 32.2. The molecule has 0 bridgehead atoms. The van der Waals surface area contributed by atoms with E-state index >= 15 is 0 Å². The maximum atomic E-state index is 12.5. The van der Waals surface area contributed by atoms with E-state index in [0.29, 0.717) is 22.9 Å². The van der Waals surface area contributed by atoms with Crippen LogP contribution in [0.1, 0.15) is 6.42 Å². The molecule has 0 saturated heterocycles. The minimum Gasteiger partial charge on any atom is -0.478 e. The van der Waals surface area contributed by atoms with E-state index in [1.807, 2.05) is 12.1 Å². The molecule has 2 heterocycles. The number of nitrogens with zero attached hydrogens (tertiary/aromatic N) is 1. The van der Waals surface area contributed by atoms with Gasteiger partial charge in [-0.2, -0.15) is 0 Å². The van der Waals surface area contributed by atoms with E-state index in [4.69, 9.17) is 14.2 Å². The fourth-order valence-corrected chi connectivity index (χ4v) is 4.07. The maximum Gasteiger partial charge on any atom is 0.267 e. The SMILES string of the molecule is CN1C(=O)C(CCNS(=O)(=O)c2ccc3c(c2)OCO3)Oc2ccccc21. The van der Waals surface area contributed by atoms with Gasteiger partial charge in [0.05, 0.1) is 10.6 Å². The van der Waals surface area contributed by atoms with E-state index in [-0.39, 0.29) is 30.6 Å². The molecule has 0 fully saturated rings. The Morgan fingerprint density at radius 3 is 2.74 bits per heavy atom. The van der Waals surface area contributed by atoms with Gasteiger partial charge in [-0.25, -0.2) is 13.1 Å². The van der Waals surface area contributed by atoms with Crippen molar-refractivity contribution in [1.29, 1.82) is 0 Å². The van der Waals surface area contributed by atoms with Gasteiger partial charge in [-0.3, -0.25) is 4.79 Å². The summed E-state index contributed by atoms with van der Waals surface area (Å²) in [7, 11) is -2.07. The highest BCUT2D eigenvalue weighted by Gasteiger charge is 2.32. The van der Waals surface area contributed by atoms with E-state index in [0.717, 1.165) is 0 Å². The normalized spacial score (nSPS) is 18.2. The molecule has 0 aromatic heterocycles. The molecule has 0 saturated carbocycles. The van der Waals surface area contributed by atoms with Crippen molar-refractivity contribution in [2.45, 2.75) is 17.4 Å². The zero-order valence-electron chi connectivity index (χ0n) is 14.5. The van der Waals surface area contributed by atoms with E-state index in [1.54, 1.807) is 25.2 Å². The van der Waals surface area contributed by atoms with Crippen molar-refractivity contribution in [3.05, 3.63) is 42.5 Å². The summed E-state index contributed by atoms with van der Waals surface area (Å²) in [5.74, 6) is 1.29. The van der Waals surface area contributed by atoms with Crippen LogP contribution in [0.2, 0.25) is 0 Å². The molecule has 2 aliphatic heterocycles. The molecule has 2 aromatic rings. The summed E-state index contributed by atoms with van der Waals surface area (Å²) in [6.07, 6.45) is -0.536. The number of likely N-dealkylation sites (N-methyl/N-ethyl adjacent to an activating group) is 1. The smallest absolute Gasteiger partial charge is 0.267 e. The van der Waals surface area contributed by atoms with Crippen LogP contribution >= 0.6 is 0 Å². The van der Waals surface area contributed by atoms with Gasteiger partial charge in [0, 0.05) is 26.1 Å². The number of para-hydroxylation sites is 2. The van der Waals surface area contributed by atoms with Crippen LogP contribution in [0.5, 0.6) is 17.2 Å². The Labute approximate surface area is 156 Å². The molecule has 142 valence electrons. The van der Waals surface area contributed by atoms with Gasteiger partial charge >= 0.3 is 0 Å². The monoisotopic (exact) mass is 390 g/mol. The lowest BCUT2D eigenvalue weighted by Gasteiger charge is -2.31. The Balaban J connectivity index is 1.41. The van der Waals surface area contributed by atoms with Crippen LogP contribution in [-0.4, -0.2) is 40.8 Å². The lowest BCUT2D eigenvalue weighted by Crippen LogP contribution is -2.45. The van der Waals surface area contributed by atoms with Gasteiger partial charge in [0.2, 0.25) is 16.8 Å². The average Bonchev–Trinajstić information content (AvgIpc) is 3.13. The predicted octanol–water partition coefficient (Wildman–Crippen LogP) is 1.51. The molecular formula is C18H18N2O6S. The molecule has 4 rings (SSSR count). The standard InChI is InChI=1S/C18H18N2O6S/c1-20-13-4-2-3-5-14(13)26-16(18(20)21)8-9-19-27(22,23)12-6-7-15-17(10-12)25-11-24-15/h2-7,10,16,19H,8-9,11H2,1H3. The minimum absolute atomic E-state index is 0.0587. The predicted molar refractivity (Wildman–Crippen MR) is 96.6 cm³/mol. The molecule has 1 amide bonds. The molecule has 2 aliphatic rings. The number of carbonyl (C=O) groups is 1. The van der Waals surface area contributed by atoms with Crippen LogP contribution in [-0.2, 0) is 14.8 Å². The van der Waals surface area contributed by atoms with E-state index in [1.165, 1.54) is 17.0 Å². The van der Waals surface area contributed by atoms with Crippen molar-refractivity contribution in [2.24, 2.45) is 0 Å². The molecule has 0 aliphatic carbocycles. The largest absolute Gasteiger partial charge is 0.478 e. The number of ether oxygens (including phenoxy) is 3. The number of fused-ring (bicyclic) bond motifs is 2. The summed E-state index contributed by atoms with van der Waals surface area (Å²) in [4.78, 5) is 14.0. The summed E-state index contributed by atoms with van der Waals surface area (Å²) in [6.45, 7) is 0.131. The van der Waals surface area contributed by atoms with Gasteiger partial charge in [-0.15, -0.1) is 0 Å². The summed E-state index contributed by atoms with van der Waals surface area (Å²) in [5.41, 5.74) is 0.694. The first-order valence-electron chi connectivity index (χ1n) is 8.38. The summed E-state index contributed by atoms with van der Waals surface area (Å²) >= 11 is 0. The van der Waals surface area contributed by atoms with Gasteiger partial charge in [0.15, 0.2) is 17.6 Å². The number of anilines is 1. The highest BCUT2D eigenvalue weighted by molar-refractivity contribution is 7.89. The Kier molecular flexibility index (Phi) is 4.40. The third-order valence-corrected chi connectivity index (χ3v) is 5.91. The number of hydrogen-bond acceptors (Lipinski definition) is 6. The number of rotatable bonds is 5.